The summed E-state index contributed by atoms with van der Waals surface area (Å²) < 4.78 is 0. The van der Waals surface area contributed by atoms with Crippen LogP contribution in [0.25, 0.3) is 0 Å². The molecule has 0 aromatic heterocycles. The molecule has 0 aliphatic carbocycles. The van der Waals surface area contributed by atoms with Gasteiger partial charge in [-0.3, -0.25) is 0 Å². The van der Waals surface area contributed by atoms with E-state index >= 15 is 0 Å². The second kappa shape index (κ2) is 6.25. The van der Waals surface area contributed by atoms with Crippen LogP contribution in [0.5, 0.6) is 0 Å². The number of hydrogen-bond donors (Lipinski definition) is 1. The Morgan fingerprint density at radius 2 is 1.83 bits per heavy atom. The zero-order valence-corrected chi connectivity index (χ0v) is 13.2. The molecule has 2 nitrogen and oxygen atoms in total. The van der Waals surface area contributed by atoms with Gasteiger partial charge >= 0.3 is 0 Å². The lowest BCUT2D eigenvalue weighted by Gasteiger charge is -2.41. The van der Waals surface area contributed by atoms with Gasteiger partial charge in [0.05, 0.1) is 16.1 Å². The summed E-state index contributed by atoms with van der Waals surface area (Å²) in [5, 5.41) is 4.72. The SMILES string of the molecule is CCNC(c1ccc(Cl)c(Cl)c1)C(C)(C)N(C)C. The van der Waals surface area contributed by atoms with Crippen molar-refractivity contribution >= 4 is 23.2 Å². The molecule has 1 aromatic rings. The monoisotopic (exact) mass is 288 g/mol. The molecule has 0 heterocycles. The first-order valence-corrected chi connectivity index (χ1v) is 6.92. The van der Waals surface area contributed by atoms with Gasteiger partial charge in [0.25, 0.3) is 0 Å². The van der Waals surface area contributed by atoms with Gasteiger partial charge in [-0.15, -0.1) is 0 Å². The van der Waals surface area contributed by atoms with Crippen molar-refractivity contribution in [2.75, 3.05) is 20.6 Å². The highest BCUT2D eigenvalue weighted by molar-refractivity contribution is 6.42. The lowest BCUT2D eigenvalue weighted by atomic mass is 9.87. The zero-order chi connectivity index (χ0) is 13.9. The minimum atomic E-state index is -0.0207. The maximum atomic E-state index is 6.11. The smallest absolute Gasteiger partial charge is 0.0595 e. The minimum Gasteiger partial charge on any atom is -0.309 e. The minimum absolute atomic E-state index is 0.0207. The molecular formula is C14H22Cl2N2. The quantitative estimate of drug-likeness (QED) is 0.882. The van der Waals surface area contributed by atoms with Crippen LogP contribution in [0.3, 0.4) is 0 Å². The van der Waals surface area contributed by atoms with E-state index in [9.17, 15) is 0 Å². The fourth-order valence-electron chi connectivity index (χ4n) is 1.93. The zero-order valence-electron chi connectivity index (χ0n) is 11.7. The first-order chi connectivity index (χ1) is 8.30. The van der Waals surface area contributed by atoms with Crippen molar-refractivity contribution in [2.24, 2.45) is 0 Å². The van der Waals surface area contributed by atoms with Crippen molar-refractivity contribution in [3.8, 4) is 0 Å². The number of benzene rings is 1. The number of nitrogens with zero attached hydrogens (tertiary/aromatic N) is 1. The summed E-state index contributed by atoms with van der Waals surface area (Å²) in [6, 6.07) is 6.04. The number of rotatable bonds is 5. The van der Waals surface area contributed by atoms with Gasteiger partial charge in [0.1, 0.15) is 0 Å². The topological polar surface area (TPSA) is 15.3 Å². The van der Waals surface area contributed by atoms with Crippen LogP contribution in [0.1, 0.15) is 32.4 Å². The molecule has 0 bridgehead atoms. The highest BCUT2D eigenvalue weighted by atomic mass is 35.5. The van der Waals surface area contributed by atoms with E-state index in [1.807, 2.05) is 18.2 Å². The van der Waals surface area contributed by atoms with Gasteiger partial charge in [0.2, 0.25) is 0 Å². The van der Waals surface area contributed by atoms with Crippen LogP contribution >= 0.6 is 23.2 Å². The lowest BCUT2D eigenvalue weighted by Crippen LogP contribution is -2.49. The van der Waals surface area contributed by atoms with Crippen molar-refractivity contribution in [2.45, 2.75) is 32.4 Å². The average molecular weight is 289 g/mol. The van der Waals surface area contributed by atoms with E-state index in [0.717, 1.165) is 12.1 Å². The number of nitrogens with one attached hydrogen (secondary N) is 1. The third-order valence-electron chi connectivity index (χ3n) is 3.54. The van der Waals surface area contributed by atoms with E-state index in [2.05, 4.69) is 45.1 Å². The molecule has 102 valence electrons. The molecule has 0 aliphatic rings. The highest BCUT2D eigenvalue weighted by Gasteiger charge is 2.32. The van der Waals surface area contributed by atoms with Gasteiger partial charge in [-0.1, -0.05) is 36.2 Å². The Morgan fingerprint density at radius 1 is 1.22 bits per heavy atom. The predicted octanol–water partition coefficient (Wildman–Crippen LogP) is 3.98. The predicted molar refractivity (Wildman–Crippen MR) is 80.6 cm³/mol. The van der Waals surface area contributed by atoms with Crippen LogP contribution in [0.2, 0.25) is 10.0 Å². The Bertz CT molecular complexity index is 403. The summed E-state index contributed by atoms with van der Waals surface area (Å²) >= 11 is 12.1. The molecular weight excluding hydrogens is 267 g/mol. The van der Waals surface area contributed by atoms with Crippen molar-refractivity contribution in [3.63, 3.8) is 0 Å². The molecule has 1 rings (SSSR count). The summed E-state index contributed by atoms with van der Waals surface area (Å²) in [4.78, 5) is 2.21. The van der Waals surface area contributed by atoms with E-state index in [1.165, 1.54) is 0 Å². The van der Waals surface area contributed by atoms with Crippen molar-refractivity contribution < 1.29 is 0 Å². The number of likely N-dealkylation sites (N-methyl/N-ethyl adjacent to an activating group) is 2. The Morgan fingerprint density at radius 3 is 2.28 bits per heavy atom. The first-order valence-electron chi connectivity index (χ1n) is 6.16. The maximum Gasteiger partial charge on any atom is 0.0595 e. The third kappa shape index (κ3) is 3.39. The standard InChI is InChI=1S/C14H22Cl2N2/c1-6-17-13(14(2,3)18(4)5)10-7-8-11(15)12(16)9-10/h7-9,13,17H,6H2,1-5H3. The number of halogens is 2. The fourth-order valence-corrected chi connectivity index (χ4v) is 2.24. The van der Waals surface area contributed by atoms with E-state index in [-0.39, 0.29) is 11.6 Å². The average Bonchev–Trinajstić information content (AvgIpc) is 2.29. The normalized spacial score (nSPS) is 14.0. The Hall–Kier alpha value is -0.280. The van der Waals surface area contributed by atoms with E-state index in [4.69, 9.17) is 23.2 Å². The molecule has 18 heavy (non-hydrogen) atoms. The van der Waals surface area contributed by atoms with Gasteiger partial charge in [0.15, 0.2) is 0 Å². The summed E-state index contributed by atoms with van der Waals surface area (Å²) in [6.45, 7) is 7.43. The molecule has 0 radical (unpaired) electrons. The van der Waals surface area contributed by atoms with Crippen LogP contribution in [0.4, 0.5) is 0 Å². The van der Waals surface area contributed by atoms with Crippen molar-refractivity contribution in [1.29, 1.82) is 0 Å². The summed E-state index contributed by atoms with van der Waals surface area (Å²) in [5.74, 6) is 0. The molecule has 0 aliphatic heterocycles. The van der Waals surface area contributed by atoms with Gasteiger partial charge < -0.3 is 10.2 Å². The molecule has 4 heteroatoms. The molecule has 0 fully saturated rings. The molecule has 1 N–H and O–H groups in total. The summed E-state index contributed by atoms with van der Waals surface area (Å²) in [7, 11) is 4.17. The second-order valence-corrected chi connectivity index (χ2v) is 6.03. The summed E-state index contributed by atoms with van der Waals surface area (Å²) in [5.41, 5.74) is 1.14. The highest BCUT2D eigenvalue weighted by Crippen LogP contribution is 2.33. The van der Waals surface area contributed by atoms with E-state index < -0.39 is 0 Å². The van der Waals surface area contributed by atoms with Gasteiger partial charge in [-0.05, 0) is 52.2 Å². The second-order valence-electron chi connectivity index (χ2n) is 5.21. The molecule has 1 atom stereocenters. The van der Waals surface area contributed by atoms with Crippen LogP contribution < -0.4 is 5.32 Å². The van der Waals surface area contributed by atoms with E-state index in [0.29, 0.717) is 10.0 Å². The molecule has 0 saturated heterocycles. The number of hydrogen-bond acceptors (Lipinski definition) is 2. The van der Waals surface area contributed by atoms with E-state index in [1.54, 1.807) is 0 Å². The largest absolute Gasteiger partial charge is 0.309 e. The Balaban J connectivity index is 3.15. The summed E-state index contributed by atoms with van der Waals surface area (Å²) in [6.07, 6.45) is 0. The Labute approximate surface area is 120 Å². The van der Waals surface area contributed by atoms with Crippen molar-refractivity contribution in [1.82, 2.24) is 10.2 Å². The lowest BCUT2D eigenvalue weighted by molar-refractivity contribution is 0.139. The van der Waals surface area contributed by atoms with Gasteiger partial charge in [-0.25, -0.2) is 0 Å². The van der Waals surface area contributed by atoms with Crippen LogP contribution in [0.15, 0.2) is 18.2 Å². The van der Waals surface area contributed by atoms with Crippen LogP contribution in [-0.4, -0.2) is 31.1 Å². The molecule has 1 unspecified atom stereocenters. The molecule has 0 spiro atoms. The van der Waals surface area contributed by atoms with Crippen LogP contribution in [0, 0.1) is 0 Å². The molecule has 1 aromatic carbocycles. The molecule has 0 saturated carbocycles. The molecule has 0 amide bonds. The van der Waals surface area contributed by atoms with Gasteiger partial charge in [0, 0.05) is 5.54 Å². The van der Waals surface area contributed by atoms with Crippen LogP contribution in [-0.2, 0) is 0 Å². The maximum absolute atomic E-state index is 6.11. The first kappa shape index (κ1) is 15.8. The Kier molecular flexibility index (Phi) is 5.47. The van der Waals surface area contributed by atoms with Crippen molar-refractivity contribution in [3.05, 3.63) is 33.8 Å². The third-order valence-corrected chi connectivity index (χ3v) is 4.28. The fraction of sp³-hybridized carbons (Fsp3) is 0.571. The van der Waals surface area contributed by atoms with Gasteiger partial charge in [-0.2, -0.15) is 0 Å².